The van der Waals surface area contributed by atoms with E-state index in [2.05, 4.69) is 67.6 Å². The van der Waals surface area contributed by atoms with Crippen molar-refractivity contribution in [2.75, 3.05) is 26.2 Å². The molecule has 0 spiro atoms. The lowest BCUT2D eigenvalue weighted by Crippen LogP contribution is -2.48. The molecule has 0 bridgehead atoms. The van der Waals surface area contributed by atoms with Crippen molar-refractivity contribution < 1.29 is 4.42 Å². The normalized spacial score (nSPS) is 15.7. The van der Waals surface area contributed by atoms with Crippen molar-refractivity contribution in [3.05, 3.63) is 111 Å². The lowest BCUT2D eigenvalue weighted by Gasteiger charge is -2.38. The Labute approximate surface area is 220 Å². The lowest BCUT2D eigenvalue weighted by molar-refractivity contribution is 0.0997. The summed E-state index contributed by atoms with van der Waals surface area (Å²) in [7, 11) is 0. The summed E-state index contributed by atoms with van der Waals surface area (Å²) < 4.78 is 7.31. The molecule has 1 atom stereocenters. The van der Waals surface area contributed by atoms with Gasteiger partial charge in [0.1, 0.15) is 18.3 Å². The number of furan rings is 1. The first kappa shape index (κ1) is 24.3. The molecule has 1 aliphatic heterocycles. The Morgan fingerprint density at radius 2 is 1.79 bits per heavy atom. The van der Waals surface area contributed by atoms with Crippen LogP contribution >= 0.6 is 0 Å². The Morgan fingerprint density at radius 1 is 0.974 bits per heavy atom. The summed E-state index contributed by atoms with van der Waals surface area (Å²) in [4.78, 5) is 21.5. The van der Waals surface area contributed by atoms with Gasteiger partial charge in [-0.1, -0.05) is 36.4 Å². The number of benzene rings is 2. The smallest absolute Gasteiger partial charge is 0.253 e. The van der Waals surface area contributed by atoms with Crippen LogP contribution in [0.2, 0.25) is 0 Å². The van der Waals surface area contributed by atoms with Crippen LogP contribution in [0.15, 0.2) is 76.1 Å². The van der Waals surface area contributed by atoms with E-state index >= 15 is 0 Å². The van der Waals surface area contributed by atoms with E-state index in [0.717, 1.165) is 60.5 Å². The number of aryl methyl sites for hydroxylation is 2. The third kappa shape index (κ3) is 4.90. The molecule has 9 heteroatoms. The summed E-state index contributed by atoms with van der Waals surface area (Å²) in [5, 5.41) is 13.8. The number of nitrogens with zero attached hydrogens (tertiary/aromatic N) is 6. The Bertz CT molecular complexity index is 1580. The monoisotopic (exact) mass is 509 g/mol. The maximum absolute atomic E-state index is 13.6. The van der Waals surface area contributed by atoms with Gasteiger partial charge in [-0.3, -0.25) is 14.6 Å². The number of nitrogens with one attached hydrogen (secondary N) is 1. The highest BCUT2D eigenvalue weighted by molar-refractivity contribution is 5.83. The molecular formula is C29H31N7O2. The molecule has 5 aromatic rings. The van der Waals surface area contributed by atoms with Crippen LogP contribution in [0, 0.1) is 13.8 Å². The van der Waals surface area contributed by atoms with E-state index in [1.807, 2.05) is 37.3 Å². The molecule has 1 fully saturated rings. The van der Waals surface area contributed by atoms with Crippen molar-refractivity contribution >= 4 is 10.9 Å². The molecule has 6 rings (SSSR count). The van der Waals surface area contributed by atoms with Gasteiger partial charge in [0.05, 0.1) is 6.26 Å². The molecule has 9 nitrogen and oxygen atoms in total. The van der Waals surface area contributed by atoms with Gasteiger partial charge in [-0.25, -0.2) is 4.68 Å². The molecule has 0 radical (unpaired) electrons. The first-order valence-electron chi connectivity index (χ1n) is 13.0. The highest BCUT2D eigenvalue weighted by atomic mass is 16.3. The highest BCUT2D eigenvalue weighted by Gasteiger charge is 2.33. The molecule has 1 N–H and O–H groups in total. The summed E-state index contributed by atoms with van der Waals surface area (Å²) in [6.07, 6.45) is 1.64. The predicted molar refractivity (Wildman–Crippen MR) is 145 cm³/mol. The average molecular weight is 510 g/mol. The second kappa shape index (κ2) is 10.4. The van der Waals surface area contributed by atoms with Gasteiger partial charge >= 0.3 is 0 Å². The molecule has 38 heavy (non-hydrogen) atoms. The average Bonchev–Trinajstić information content (AvgIpc) is 3.59. The van der Waals surface area contributed by atoms with E-state index in [1.54, 1.807) is 10.9 Å². The number of rotatable bonds is 7. The van der Waals surface area contributed by atoms with Crippen molar-refractivity contribution in [2.45, 2.75) is 33.0 Å². The maximum Gasteiger partial charge on any atom is 0.253 e. The molecule has 0 saturated carbocycles. The Balaban J connectivity index is 1.37. The zero-order valence-electron chi connectivity index (χ0n) is 21.7. The summed E-state index contributed by atoms with van der Waals surface area (Å²) >= 11 is 0. The van der Waals surface area contributed by atoms with Crippen LogP contribution in [0.25, 0.3) is 10.9 Å². The summed E-state index contributed by atoms with van der Waals surface area (Å²) in [6, 6.07) is 20.1. The number of H-pyrrole nitrogens is 1. The van der Waals surface area contributed by atoms with Crippen LogP contribution in [-0.2, 0) is 13.1 Å². The number of aromatic amines is 1. The molecule has 0 aliphatic carbocycles. The highest BCUT2D eigenvalue weighted by Crippen LogP contribution is 2.29. The molecule has 0 unspecified atom stereocenters. The van der Waals surface area contributed by atoms with Gasteiger partial charge in [-0.2, -0.15) is 0 Å². The molecule has 2 aromatic carbocycles. The predicted octanol–water partition coefficient (Wildman–Crippen LogP) is 3.68. The van der Waals surface area contributed by atoms with Crippen LogP contribution in [-0.4, -0.2) is 61.2 Å². The summed E-state index contributed by atoms with van der Waals surface area (Å²) in [5.41, 5.74) is 4.92. The number of hydrogen-bond acceptors (Lipinski definition) is 7. The molecule has 4 heterocycles. The number of pyridine rings is 1. The molecule has 1 aliphatic rings. The number of hydrogen-bond donors (Lipinski definition) is 1. The Hall–Kier alpha value is -4.08. The number of tetrazole rings is 1. The zero-order chi connectivity index (χ0) is 26.1. The van der Waals surface area contributed by atoms with Crippen LogP contribution in [0.4, 0.5) is 0 Å². The van der Waals surface area contributed by atoms with E-state index in [0.29, 0.717) is 17.9 Å². The van der Waals surface area contributed by atoms with Crippen molar-refractivity contribution in [3.63, 3.8) is 0 Å². The fourth-order valence-corrected chi connectivity index (χ4v) is 5.48. The van der Waals surface area contributed by atoms with E-state index in [9.17, 15) is 4.79 Å². The zero-order valence-corrected chi connectivity index (χ0v) is 21.7. The van der Waals surface area contributed by atoms with Gasteiger partial charge in [-0.05, 0) is 65.2 Å². The molecule has 0 amide bonds. The Kier molecular flexibility index (Phi) is 6.61. The van der Waals surface area contributed by atoms with Crippen LogP contribution in [0.5, 0.6) is 0 Å². The lowest BCUT2D eigenvalue weighted by atomic mass is 9.99. The quantitative estimate of drug-likeness (QED) is 0.358. The van der Waals surface area contributed by atoms with Crippen LogP contribution in [0.1, 0.15) is 39.9 Å². The number of aromatic nitrogens is 5. The van der Waals surface area contributed by atoms with Crippen molar-refractivity contribution in [2.24, 2.45) is 0 Å². The topological polar surface area (TPSA) is 96.1 Å². The second-order valence-corrected chi connectivity index (χ2v) is 10.1. The first-order chi connectivity index (χ1) is 18.5. The minimum absolute atomic E-state index is 0.119. The molecule has 194 valence electrons. The Morgan fingerprint density at radius 3 is 2.55 bits per heavy atom. The number of piperazine rings is 1. The molecule has 3 aromatic heterocycles. The van der Waals surface area contributed by atoms with Gasteiger partial charge in [-0.15, -0.1) is 5.10 Å². The van der Waals surface area contributed by atoms with Crippen LogP contribution in [0.3, 0.4) is 0 Å². The van der Waals surface area contributed by atoms with Crippen LogP contribution < -0.4 is 5.56 Å². The van der Waals surface area contributed by atoms with Crippen molar-refractivity contribution in [3.8, 4) is 0 Å². The molecular weight excluding hydrogens is 478 g/mol. The van der Waals surface area contributed by atoms with Gasteiger partial charge in [0.2, 0.25) is 0 Å². The largest absolute Gasteiger partial charge is 0.467 e. The first-order valence-corrected chi connectivity index (χ1v) is 13.0. The third-order valence-electron chi connectivity index (χ3n) is 7.35. The minimum atomic E-state index is -0.396. The SMILES string of the molecule is Cc1cc(C)c2cc([C@@H](c3nnnn3Cc3ccco3)N3CCN(Cc4ccccc4)CC3)c(=O)[nH]c2c1. The summed E-state index contributed by atoms with van der Waals surface area (Å²) in [6.45, 7) is 8.76. The second-order valence-electron chi connectivity index (χ2n) is 10.1. The van der Waals surface area contributed by atoms with Crippen molar-refractivity contribution in [1.82, 2.24) is 35.0 Å². The van der Waals surface area contributed by atoms with Gasteiger partial charge < -0.3 is 9.40 Å². The van der Waals surface area contributed by atoms with Gasteiger partial charge in [0.15, 0.2) is 5.82 Å². The maximum atomic E-state index is 13.6. The van der Waals surface area contributed by atoms with E-state index in [1.165, 1.54) is 5.56 Å². The minimum Gasteiger partial charge on any atom is -0.467 e. The fourth-order valence-electron chi connectivity index (χ4n) is 5.48. The standard InChI is InChI=1S/C29H31N7O2/c1-20-15-21(2)24-17-25(29(37)30-26(24)16-20)27(28-31-32-33-36(28)19-23-9-6-14-38-23)35-12-10-34(11-13-35)18-22-7-4-3-5-8-22/h3-9,14-17,27H,10-13,18-19H2,1-2H3,(H,30,37)/t27-/m0/s1. The van der Waals surface area contributed by atoms with Gasteiger partial charge in [0.25, 0.3) is 5.56 Å². The van der Waals surface area contributed by atoms with E-state index < -0.39 is 6.04 Å². The third-order valence-corrected chi connectivity index (χ3v) is 7.35. The van der Waals surface area contributed by atoms with E-state index in [-0.39, 0.29) is 5.56 Å². The van der Waals surface area contributed by atoms with Gasteiger partial charge in [0, 0.05) is 49.2 Å². The molecule has 1 saturated heterocycles. The number of fused-ring (bicyclic) bond motifs is 1. The van der Waals surface area contributed by atoms with E-state index in [4.69, 9.17) is 4.42 Å². The fraction of sp³-hybridized carbons (Fsp3) is 0.310. The summed E-state index contributed by atoms with van der Waals surface area (Å²) in [5.74, 6) is 1.39. The van der Waals surface area contributed by atoms with Crippen molar-refractivity contribution in [1.29, 1.82) is 0 Å².